The number of rotatable bonds is 5. The SMILES string of the molecule is COc1ccc([P+](c2ccccc2)(c2ccccc2)c2ccccc2)cc1.Cl.Cl. The van der Waals surface area contributed by atoms with Gasteiger partial charge in [0, 0.05) is 0 Å². The summed E-state index contributed by atoms with van der Waals surface area (Å²) in [6, 6.07) is 41.2. The van der Waals surface area contributed by atoms with E-state index in [1.54, 1.807) is 7.11 Å². The average molecular weight is 442 g/mol. The summed E-state index contributed by atoms with van der Waals surface area (Å²) in [5.41, 5.74) is 0. The summed E-state index contributed by atoms with van der Waals surface area (Å²) < 4.78 is 5.41. The zero-order valence-corrected chi connectivity index (χ0v) is 18.7. The topological polar surface area (TPSA) is 9.23 Å². The minimum Gasteiger partial charge on any atom is -0.497 e. The highest BCUT2D eigenvalue weighted by Gasteiger charge is 2.47. The van der Waals surface area contributed by atoms with E-state index in [0.29, 0.717) is 0 Å². The molecule has 0 bridgehead atoms. The molecule has 4 aromatic carbocycles. The third-order valence-electron chi connectivity index (χ3n) is 4.89. The van der Waals surface area contributed by atoms with E-state index in [0.717, 1.165) is 5.75 Å². The summed E-state index contributed by atoms with van der Waals surface area (Å²) in [7, 11) is -0.280. The van der Waals surface area contributed by atoms with Gasteiger partial charge in [0.15, 0.2) is 0 Å². The van der Waals surface area contributed by atoms with Gasteiger partial charge in [0.2, 0.25) is 0 Å². The smallest absolute Gasteiger partial charge is 0.144 e. The highest BCUT2D eigenvalue weighted by Crippen LogP contribution is 2.54. The van der Waals surface area contributed by atoms with Crippen molar-refractivity contribution < 1.29 is 4.74 Å². The standard InChI is InChI=1S/C25H22OP.2ClH/c1-26-21-17-19-25(20-18-21)27(22-11-5-2-6-12-22,23-13-7-3-8-14-23)24-15-9-4-10-16-24;;/h2-20H,1H3;2*1H/q+1;;. The van der Waals surface area contributed by atoms with Gasteiger partial charge in [-0.3, -0.25) is 0 Å². The number of halogens is 2. The molecule has 0 spiro atoms. The zero-order valence-electron chi connectivity index (χ0n) is 16.1. The van der Waals surface area contributed by atoms with Gasteiger partial charge in [0.05, 0.1) is 7.11 Å². The molecular weight excluding hydrogens is 418 g/mol. The fourth-order valence-corrected chi connectivity index (χ4v) is 7.90. The van der Waals surface area contributed by atoms with E-state index in [-0.39, 0.29) is 24.8 Å². The monoisotopic (exact) mass is 441 g/mol. The lowest BCUT2D eigenvalue weighted by molar-refractivity contribution is 0.415. The lowest BCUT2D eigenvalue weighted by Gasteiger charge is -2.27. The van der Waals surface area contributed by atoms with Gasteiger partial charge in [-0.1, -0.05) is 54.6 Å². The van der Waals surface area contributed by atoms with Gasteiger partial charge in [0.25, 0.3) is 0 Å². The van der Waals surface area contributed by atoms with Gasteiger partial charge >= 0.3 is 0 Å². The maximum atomic E-state index is 5.41. The highest BCUT2D eigenvalue weighted by atomic mass is 35.5. The van der Waals surface area contributed by atoms with Gasteiger partial charge in [-0.05, 0) is 60.7 Å². The van der Waals surface area contributed by atoms with Crippen LogP contribution >= 0.6 is 32.1 Å². The maximum absolute atomic E-state index is 5.41. The van der Waals surface area contributed by atoms with Crippen LogP contribution in [0.1, 0.15) is 0 Å². The first kappa shape index (κ1) is 23.0. The van der Waals surface area contributed by atoms with Crippen LogP contribution in [0.15, 0.2) is 115 Å². The Bertz CT molecular complexity index is 895. The third-order valence-corrected chi connectivity index (χ3v) is 9.18. The second kappa shape index (κ2) is 10.5. The van der Waals surface area contributed by atoms with E-state index in [2.05, 4.69) is 115 Å². The number of benzene rings is 4. The van der Waals surface area contributed by atoms with Crippen molar-refractivity contribution in [3.05, 3.63) is 115 Å². The van der Waals surface area contributed by atoms with E-state index in [4.69, 9.17) is 4.74 Å². The summed E-state index contributed by atoms with van der Waals surface area (Å²) in [5, 5.41) is 5.39. The molecule has 4 heteroatoms. The summed E-state index contributed by atoms with van der Waals surface area (Å²) in [6.07, 6.45) is 0. The molecule has 0 aromatic heterocycles. The molecule has 0 atom stereocenters. The Morgan fingerprint density at radius 2 is 0.759 bits per heavy atom. The molecule has 0 aliphatic carbocycles. The maximum Gasteiger partial charge on any atom is 0.144 e. The molecule has 4 rings (SSSR count). The Labute approximate surface area is 185 Å². The summed E-state index contributed by atoms with van der Waals surface area (Å²) >= 11 is 0. The molecule has 1 nitrogen and oxygen atoms in total. The summed E-state index contributed by atoms with van der Waals surface area (Å²) in [6.45, 7) is 0. The number of hydrogen-bond donors (Lipinski definition) is 0. The molecule has 0 amide bonds. The quantitative estimate of drug-likeness (QED) is 0.388. The fraction of sp³-hybridized carbons (Fsp3) is 0.0400. The minimum absolute atomic E-state index is 0. The zero-order chi connectivity index (χ0) is 18.5. The van der Waals surface area contributed by atoms with Gasteiger partial charge < -0.3 is 4.74 Å². The molecule has 148 valence electrons. The molecule has 0 aliphatic heterocycles. The Kier molecular flexibility index (Phi) is 8.29. The molecule has 0 radical (unpaired) electrons. The summed E-state index contributed by atoms with van der Waals surface area (Å²) in [4.78, 5) is 0. The van der Waals surface area contributed by atoms with E-state index in [9.17, 15) is 0 Å². The average Bonchev–Trinajstić information content (AvgIpc) is 2.77. The van der Waals surface area contributed by atoms with Crippen molar-refractivity contribution in [3.63, 3.8) is 0 Å². The van der Waals surface area contributed by atoms with Crippen molar-refractivity contribution in [2.45, 2.75) is 0 Å². The molecule has 0 N–H and O–H groups in total. The van der Waals surface area contributed by atoms with Crippen LogP contribution in [-0.4, -0.2) is 7.11 Å². The molecule has 0 aliphatic rings. The molecule has 4 aromatic rings. The normalized spacial score (nSPS) is 10.4. The second-order valence-corrected chi connectivity index (χ2v) is 9.78. The lowest BCUT2D eigenvalue weighted by atomic mass is 10.3. The largest absolute Gasteiger partial charge is 0.497 e. The van der Waals surface area contributed by atoms with Crippen LogP contribution < -0.4 is 26.0 Å². The van der Waals surface area contributed by atoms with Crippen molar-refractivity contribution in [1.29, 1.82) is 0 Å². The number of hydrogen-bond acceptors (Lipinski definition) is 1. The highest BCUT2D eigenvalue weighted by molar-refractivity contribution is 8.01. The van der Waals surface area contributed by atoms with Crippen LogP contribution in [0.5, 0.6) is 5.75 Å². The minimum atomic E-state index is -1.99. The van der Waals surface area contributed by atoms with Crippen LogP contribution in [-0.2, 0) is 0 Å². The molecule has 0 saturated carbocycles. The van der Waals surface area contributed by atoms with Gasteiger partial charge in [-0.2, -0.15) is 0 Å². The first-order chi connectivity index (χ1) is 13.4. The van der Waals surface area contributed by atoms with Crippen LogP contribution in [0.2, 0.25) is 0 Å². The molecular formula is C25H24Cl2OP+. The number of ether oxygens (including phenoxy) is 1. The second-order valence-electron chi connectivity index (χ2n) is 6.38. The predicted octanol–water partition coefficient (Wildman–Crippen LogP) is 5.16. The first-order valence-corrected chi connectivity index (χ1v) is 10.8. The molecule has 0 fully saturated rings. The van der Waals surface area contributed by atoms with Crippen molar-refractivity contribution in [3.8, 4) is 5.75 Å². The Morgan fingerprint density at radius 3 is 1.07 bits per heavy atom. The van der Waals surface area contributed by atoms with Crippen LogP contribution in [0.25, 0.3) is 0 Å². The van der Waals surface area contributed by atoms with E-state index in [1.807, 2.05) is 0 Å². The van der Waals surface area contributed by atoms with Gasteiger partial charge in [-0.15, -0.1) is 24.8 Å². The van der Waals surface area contributed by atoms with Crippen molar-refractivity contribution in [1.82, 2.24) is 0 Å². The first-order valence-electron chi connectivity index (χ1n) is 9.06. The molecule has 29 heavy (non-hydrogen) atoms. The van der Waals surface area contributed by atoms with Crippen molar-refractivity contribution in [2.24, 2.45) is 0 Å². The van der Waals surface area contributed by atoms with Crippen molar-refractivity contribution in [2.75, 3.05) is 7.11 Å². The lowest BCUT2D eigenvalue weighted by Crippen LogP contribution is -2.38. The summed E-state index contributed by atoms with van der Waals surface area (Å²) in [5.74, 6) is 0.881. The van der Waals surface area contributed by atoms with E-state index < -0.39 is 7.26 Å². The van der Waals surface area contributed by atoms with Crippen LogP contribution in [0.3, 0.4) is 0 Å². The Morgan fingerprint density at radius 1 is 0.448 bits per heavy atom. The van der Waals surface area contributed by atoms with E-state index in [1.165, 1.54) is 21.2 Å². The Hall–Kier alpha value is -2.31. The molecule has 0 unspecified atom stereocenters. The van der Waals surface area contributed by atoms with Crippen LogP contribution in [0, 0.1) is 0 Å². The number of methoxy groups -OCH3 is 1. The van der Waals surface area contributed by atoms with Crippen LogP contribution in [0.4, 0.5) is 0 Å². The predicted molar refractivity (Wildman–Crippen MR) is 132 cm³/mol. The van der Waals surface area contributed by atoms with Gasteiger partial charge in [0.1, 0.15) is 34.2 Å². The van der Waals surface area contributed by atoms with Crippen molar-refractivity contribution >= 4 is 53.3 Å². The Balaban J connectivity index is 0.00000150. The molecule has 0 saturated heterocycles. The van der Waals surface area contributed by atoms with E-state index >= 15 is 0 Å². The fourth-order valence-electron chi connectivity index (χ4n) is 3.66. The van der Waals surface area contributed by atoms with Gasteiger partial charge in [-0.25, -0.2) is 0 Å². The third kappa shape index (κ3) is 4.33. The molecule has 0 heterocycles.